The second kappa shape index (κ2) is 3.93. The van der Waals surface area contributed by atoms with Gasteiger partial charge in [-0.25, -0.2) is 8.42 Å². The molecule has 16 heavy (non-hydrogen) atoms. The van der Waals surface area contributed by atoms with Gasteiger partial charge in [0, 0.05) is 17.2 Å². The highest BCUT2D eigenvalue weighted by molar-refractivity contribution is 8.13. The van der Waals surface area contributed by atoms with E-state index in [1.165, 1.54) is 0 Å². The number of hydrogen-bond acceptors (Lipinski definition) is 3. The van der Waals surface area contributed by atoms with E-state index in [1.54, 1.807) is 6.07 Å². The number of aryl methyl sites for hydroxylation is 1. The van der Waals surface area contributed by atoms with E-state index in [1.807, 2.05) is 13.0 Å². The lowest BCUT2D eigenvalue weighted by Gasteiger charge is -2.25. The number of anilines is 1. The zero-order valence-corrected chi connectivity index (χ0v) is 10.8. The molecule has 88 valence electrons. The van der Waals surface area contributed by atoms with Crippen LogP contribution >= 0.6 is 10.7 Å². The number of nitrogens with one attached hydrogen (secondary N) is 1. The van der Waals surface area contributed by atoms with Crippen LogP contribution in [0.4, 0.5) is 5.69 Å². The maximum absolute atomic E-state index is 11.5. The first-order valence-corrected chi connectivity index (χ1v) is 7.51. The van der Waals surface area contributed by atoms with Gasteiger partial charge in [-0.15, -0.1) is 0 Å². The lowest BCUT2D eigenvalue weighted by Crippen LogP contribution is -2.22. The van der Waals surface area contributed by atoms with Crippen LogP contribution in [0.5, 0.6) is 0 Å². The van der Waals surface area contributed by atoms with Crippen LogP contribution in [0.2, 0.25) is 0 Å². The predicted octanol–water partition coefficient (Wildman–Crippen LogP) is 2.53. The van der Waals surface area contributed by atoms with Crippen molar-refractivity contribution in [3.05, 3.63) is 23.3 Å². The summed E-state index contributed by atoms with van der Waals surface area (Å²) in [4.78, 5) is 0.205. The molecule has 0 fully saturated rings. The van der Waals surface area contributed by atoms with Gasteiger partial charge in [-0.1, -0.05) is 13.0 Å². The predicted molar refractivity (Wildman–Crippen MR) is 65.6 cm³/mol. The van der Waals surface area contributed by atoms with E-state index >= 15 is 0 Å². The van der Waals surface area contributed by atoms with Crippen LogP contribution in [0.3, 0.4) is 0 Å². The van der Waals surface area contributed by atoms with Gasteiger partial charge < -0.3 is 5.32 Å². The summed E-state index contributed by atoms with van der Waals surface area (Å²) in [6.45, 7) is 4.80. The highest BCUT2D eigenvalue weighted by atomic mass is 35.7. The highest BCUT2D eigenvalue weighted by Crippen LogP contribution is 2.34. The topological polar surface area (TPSA) is 46.2 Å². The first kappa shape index (κ1) is 11.7. The van der Waals surface area contributed by atoms with Gasteiger partial charge >= 0.3 is 0 Å². The zero-order valence-electron chi connectivity index (χ0n) is 9.25. The molecule has 1 heterocycles. The summed E-state index contributed by atoms with van der Waals surface area (Å²) in [6, 6.07) is 3.63. The minimum absolute atomic E-state index is 0.205. The summed E-state index contributed by atoms with van der Waals surface area (Å²) in [5.41, 5.74) is 2.64. The summed E-state index contributed by atoms with van der Waals surface area (Å²) >= 11 is 0. The molecule has 2 rings (SSSR count). The van der Waals surface area contributed by atoms with Crippen molar-refractivity contribution in [1.29, 1.82) is 0 Å². The molecule has 1 aliphatic heterocycles. The highest BCUT2D eigenvalue weighted by Gasteiger charge is 2.23. The van der Waals surface area contributed by atoms with Gasteiger partial charge in [0.15, 0.2) is 0 Å². The second-order valence-corrected chi connectivity index (χ2v) is 6.96. The number of halogens is 1. The largest absolute Gasteiger partial charge is 0.383 e. The van der Waals surface area contributed by atoms with Crippen molar-refractivity contribution in [2.45, 2.75) is 25.2 Å². The van der Waals surface area contributed by atoms with Crippen LogP contribution < -0.4 is 5.32 Å². The van der Waals surface area contributed by atoms with Crippen LogP contribution in [-0.4, -0.2) is 15.0 Å². The minimum Gasteiger partial charge on any atom is -0.383 e. The quantitative estimate of drug-likeness (QED) is 0.789. The fraction of sp³-hybridized carbons (Fsp3) is 0.455. The molecular weight excluding hydrogens is 246 g/mol. The van der Waals surface area contributed by atoms with Crippen molar-refractivity contribution in [1.82, 2.24) is 0 Å². The Labute approximate surface area is 100 Å². The van der Waals surface area contributed by atoms with Gasteiger partial charge in [-0.2, -0.15) is 0 Å². The Kier molecular flexibility index (Phi) is 2.88. The average Bonchev–Trinajstić information content (AvgIpc) is 2.14. The average molecular weight is 260 g/mol. The van der Waals surface area contributed by atoms with E-state index < -0.39 is 9.05 Å². The molecule has 0 bridgehead atoms. The molecule has 1 aromatic rings. The van der Waals surface area contributed by atoms with E-state index in [-0.39, 0.29) is 4.90 Å². The fourth-order valence-electron chi connectivity index (χ4n) is 2.10. The molecule has 0 radical (unpaired) electrons. The molecule has 0 aliphatic carbocycles. The van der Waals surface area contributed by atoms with Crippen LogP contribution in [0, 0.1) is 12.8 Å². The van der Waals surface area contributed by atoms with Gasteiger partial charge in [0.1, 0.15) is 4.90 Å². The van der Waals surface area contributed by atoms with E-state index in [2.05, 4.69) is 12.2 Å². The Morgan fingerprint density at radius 3 is 2.75 bits per heavy atom. The monoisotopic (exact) mass is 259 g/mol. The van der Waals surface area contributed by atoms with Crippen molar-refractivity contribution in [3.63, 3.8) is 0 Å². The SMILES string of the molecule is Cc1cc2c(c(S(=O)(=O)Cl)c1)NCC(C)C2. The van der Waals surface area contributed by atoms with E-state index in [0.717, 1.165) is 24.1 Å². The molecule has 0 amide bonds. The van der Waals surface area contributed by atoms with Gasteiger partial charge in [0.05, 0.1) is 5.69 Å². The Balaban J connectivity index is 2.64. The number of hydrogen-bond donors (Lipinski definition) is 1. The maximum Gasteiger partial charge on any atom is 0.263 e. The Morgan fingerprint density at radius 1 is 1.44 bits per heavy atom. The molecule has 3 nitrogen and oxygen atoms in total. The molecule has 0 spiro atoms. The normalized spacial score (nSPS) is 20.1. The molecule has 1 aromatic carbocycles. The summed E-state index contributed by atoms with van der Waals surface area (Å²) in [7, 11) is 1.76. The number of benzene rings is 1. The van der Waals surface area contributed by atoms with Gasteiger partial charge in [-0.05, 0) is 36.5 Å². The lowest BCUT2D eigenvalue weighted by molar-refractivity contribution is 0.587. The second-order valence-electron chi connectivity index (χ2n) is 4.43. The third-order valence-electron chi connectivity index (χ3n) is 2.79. The Morgan fingerprint density at radius 2 is 2.12 bits per heavy atom. The summed E-state index contributed by atoms with van der Waals surface area (Å²) in [5, 5.41) is 3.15. The third kappa shape index (κ3) is 2.18. The molecule has 1 N–H and O–H groups in total. The van der Waals surface area contributed by atoms with Crippen LogP contribution in [0.25, 0.3) is 0 Å². The number of fused-ring (bicyclic) bond motifs is 1. The standard InChI is InChI=1S/C11H14ClNO2S/c1-7-3-9-4-8(2)6-13-11(9)10(5-7)16(12,14)15/h3,5,8,13H,4,6H2,1-2H3. The third-order valence-corrected chi connectivity index (χ3v) is 4.13. The van der Waals surface area contributed by atoms with Crippen LogP contribution in [0.1, 0.15) is 18.1 Å². The molecule has 0 aromatic heterocycles. The minimum atomic E-state index is -3.67. The van der Waals surface area contributed by atoms with E-state index in [9.17, 15) is 8.42 Å². The first-order valence-electron chi connectivity index (χ1n) is 5.20. The smallest absolute Gasteiger partial charge is 0.263 e. The summed E-state index contributed by atoms with van der Waals surface area (Å²) in [6.07, 6.45) is 0.892. The lowest BCUT2D eigenvalue weighted by atomic mass is 9.94. The summed E-state index contributed by atoms with van der Waals surface area (Å²) < 4.78 is 22.9. The maximum atomic E-state index is 11.5. The van der Waals surface area contributed by atoms with Gasteiger partial charge in [0.25, 0.3) is 9.05 Å². The van der Waals surface area contributed by atoms with Gasteiger partial charge in [0.2, 0.25) is 0 Å². The zero-order chi connectivity index (χ0) is 11.9. The summed E-state index contributed by atoms with van der Waals surface area (Å²) in [5.74, 6) is 0.514. The van der Waals surface area contributed by atoms with Crippen molar-refractivity contribution in [2.75, 3.05) is 11.9 Å². The fourth-order valence-corrected chi connectivity index (χ4v) is 3.24. The Hall–Kier alpha value is -0.740. The first-order chi connectivity index (χ1) is 7.38. The molecule has 1 atom stereocenters. The van der Waals surface area contributed by atoms with Crippen molar-refractivity contribution in [2.24, 2.45) is 5.92 Å². The van der Waals surface area contributed by atoms with E-state index in [0.29, 0.717) is 11.6 Å². The van der Waals surface area contributed by atoms with E-state index in [4.69, 9.17) is 10.7 Å². The molecule has 1 unspecified atom stereocenters. The van der Waals surface area contributed by atoms with Crippen molar-refractivity contribution in [3.8, 4) is 0 Å². The van der Waals surface area contributed by atoms with Gasteiger partial charge in [-0.3, -0.25) is 0 Å². The molecule has 1 aliphatic rings. The van der Waals surface area contributed by atoms with Crippen molar-refractivity contribution < 1.29 is 8.42 Å². The number of rotatable bonds is 1. The molecule has 0 saturated carbocycles. The van der Waals surface area contributed by atoms with Crippen molar-refractivity contribution >= 4 is 25.4 Å². The Bertz CT molecular complexity index is 525. The molecular formula is C11H14ClNO2S. The van der Waals surface area contributed by atoms with Crippen LogP contribution in [0.15, 0.2) is 17.0 Å². The van der Waals surface area contributed by atoms with Crippen LogP contribution in [-0.2, 0) is 15.5 Å². The molecule has 5 heteroatoms. The molecule has 0 saturated heterocycles.